The summed E-state index contributed by atoms with van der Waals surface area (Å²) in [6.07, 6.45) is -0.113. The van der Waals surface area contributed by atoms with Crippen LogP contribution in [0.25, 0.3) is 10.9 Å². The quantitative estimate of drug-likeness (QED) is 0.249. The number of carbonyl (C=O) groups excluding carboxylic acids is 4. The highest BCUT2D eigenvalue weighted by Crippen LogP contribution is 2.21. The number of amides is 3. The van der Waals surface area contributed by atoms with Gasteiger partial charge in [-0.25, -0.2) is 9.59 Å². The smallest absolute Gasteiger partial charge is 0.408 e. The Hall–Kier alpha value is -4.34. The third-order valence-corrected chi connectivity index (χ3v) is 5.66. The number of hydrogen-bond donors (Lipinski definition) is 4. The number of anilines is 2. The fraction of sp³-hybridized carbons (Fsp3) is 0.400. The molecule has 0 unspecified atom stereocenters. The van der Waals surface area contributed by atoms with E-state index in [0.29, 0.717) is 34.4 Å². The van der Waals surface area contributed by atoms with E-state index in [1.807, 2.05) is 13.8 Å². The molecule has 4 N–H and O–H groups in total. The first-order valence-electron chi connectivity index (χ1n) is 13.3. The standard InChI is InChI=1S/C30H38N4O6/c1-7-39-28(37)25-17-20-16-22(12-13-23(20)33-25)32-27(36)24(34-29(38)40-30(4,5)6)15-19-8-10-21(11-9-19)31-26(35)14-18(2)3/h8-13,16-18,24,33H,7,14-15H2,1-6H3,(H,31,35)(H,32,36)(H,34,38)/t24-/m0/s1. The van der Waals surface area contributed by atoms with Crippen molar-refractivity contribution in [2.24, 2.45) is 5.92 Å². The molecule has 2 aromatic carbocycles. The van der Waals surface area contributed by atoms with Crippen LogP contribution in [0.2, 0.25) is 0 Å². The molecule has 1 heterocycles. The highest BCUT2D eigenvalue weighted by Gasteiger charge is 2.25. The molecule has 1 atom stereocenters. The Bertz CT molecular complexity index is 1350. The molecule has 0 saturated carbocycles. The van der Waals surface area contributed by atoms with Crippen molar-refractivity contribution in [3.05, 3.63) is 59.8 Å². The Kier molecular flexibility index (Phi) is 9.93. The number of benzene rings is 2. The number of aromatic amines is 1. The van der Waals surface area contributed by atoms with Crippen LogP contribution in [0.4, 0.5) is 16.2 Å². The summed E-state index contributed by atoms with van der Waals surface area (Å²) in [5, 5.41) is 9.09. The normalized spacial score (nSPS) is 12.1. The van der Waals surface area contributed by atoms with Crippen LogP contribution in [0.15, 0.2) is 48.5 Å². The van der Waals surface area contributed by atoms with E-state index in [1.165, 1.54) is 0 Å². The lowest BCUT2D eigenvalue weighted by molar-refractivity contribution is -0.118. The Morgan fingerprint density at radius 3 is 2.23 bits per heavy atom. The van der Waals surface area contributed by atoms with Crippen LogP contribution in [0.1, 0.15) is 64.0 Å². The summed E-state index contributed by atoms with van der Waals surface area (Å²) in [6.45, 7) is 11.2. The average molecular weight is 551 g/mol. The number of carbonyl (C=O) groups is 4. The second kappa shape index (κ2) is 13.1. The third-order valence-electron chi connectivity index (χ3n) is 5.66. The summed E-state index contributed by atoms with van der Waals surface area (Å²) < 4.78 is 10.4. The van der Waals surface area contributed by atoms with Crippen molar-refractivity contribution in [3.63, 3.8) is 0 Å². The Balaban J connectivity index is 1.76. The number of aromatic nitrogens is 1. The summed E-state index contributed by atoms with van der Waals surface area (Å²) in [5.74, 6) is -0.729. The van der Waals surface area contributed by atoms with Gasteiger partial charge in [-0.2, -0.15) is 0 Å². The van der Waals surface area contributed by atoms with Gasteiger partial charge in [0.2, 0.25) is 11.8 Å². The molecule has 0 radical (unpaired) electrons. The summed E-state index contributed by atoms with van der Waals surface area (Å²) in [4.78, 5) is 53.1. The van der Waals surface area contributed by atoms with Gasteiger partial charge in [0.1, 0.15) is 17.3 Å². The minimum absolute atomic E-state index is 0.0691. The molecule has 3 aromatic rings. The van der Waals surface area contributed by atoms with Crippen LogP contribution in [-0.4, -0.2) is 47.1 Å². The first-order chi connectivity index (χ1) is 18.8. The van der Waals surface area contributed by atoms with Crippen molar-refractivity contribution >= 4 is 46.2 Å². The monoisotopic (exact) mass is 550 g/mol. The first-order valence-corrected chi connectivity index (χ1v) is 13.3. The Morgan fingerprint density at radius 2 is 1.60 bits per heavy atom. The van der Waals surface area contributed by atoms with E-state index in [1.54, 1.807) is 76.2 Å². The summed E-state index contributed by atoms with van der Waals surface area (Å²) in [6, 6.07) is 13.0. The fourth-order valence-corrected chi connectivity index (χ4v) is 3.96. The Labute approximate surface area is 234 Å². The molecule has 0 fully saturated rings. The zero-order valence-electron chi connectivity index (χ0n) is 23.8. The maximum Gasteiger partial charge on any atom is 0.408 e. The lowest BCUT2D eigenvalue weighted by Crippen LogP contribution is -2.47. The second-order valence-corrected chi connectivity index (χ2v) is 10.9. The number of hydrogen-bond acceptors (Lipinski definition) is 6. The summed E-state index contributed by atoms with van der Waals surface area (Å²) >= 11 is 0. The molecule has 0 aliphatic heterocycles. The van der Waals surface area contributed by atoms with Crippen molar-refractivity contribution in [3.8, 4) is 0 Å². The number of ether oxygens (including phenoxy) is 2. The van der Waals surface area contributed by atoms with Gasteiger partial charge >= 0.3 is 12.1 Å². The molecule has 214 valence electrons. The molecule has 40 heavy (non-hydrogen) atoms. The lowest BCUT2D eigenvalue weighted by Gasteiger charge is -2.23. The molecule has 10 heteroatoms. The van der Waals surface area contributed by atoms with Gasteiger partial charge in [-0.15, -0.1) is 0 Å². The van der Waals surface area contributed by atoms with Crippen LogP contribution in [0.5, 0.6) is 0 Å². The van der Waals surface area contributed by atoms with E-state index >= 15 is 0 Å². The van der Waals surface area contributed by atoms with Crippen LogP contribution in [0.3, 0.4) is 0 Å². The minimum Gasteiger partial charge on any atom is -0.461 e. The van der Waals surface area contributed by atoms with Gasteiger partial charge in [0.05, 0.1) is 6.61 Å². The molecule has 0 aliphatic rings. The van der Waals surface area contributed by atoms with E-state index in [9.17, 15) is 19.2 Å². The van der Waals surface area contributed by atoms with Crippen LogP contribution in [-0.2, 0) is 25.5 Å². The van der Waals surface area contributed by atoms with E-state index in [2.05, 4.69) is 20.9 Å². The maximum absolute atomic E-state index is 13.3. The van der Waals surface area contributed by atoms with Crippen LogP contribution < -0.4 is 16.0 Å². The minimum atomic E-state index is -0.951. The van der Waals surface area contributed by atoms with Gasteiger partial charge in [-0.1, -0.05) is 26.0 Å². The lowest BCUT2D eigenvalue weighted by atomic mass is 10.0. The molecule has 3 rings (SSSR count). The van der Waals surface area contributed by atoms with E-state index < -0.39 is 29.6 Å². The number of H-pyrrole nitrogens is 1. The molecular weight excluding hydrogens is 512 g/mol. The summed E-state index contributed by atoms with van der Waals surface area (Å²) in [5.41, 5.74) is 2.21. The van der Waals surface area contributed by atoms with E-state index in [0.717, 1.165) is 5.56 Å². The zero-order chi connectivity index (χ0) is 29.4. The topological polar surface area (TPSA) is 139 Å². The molecule has 3 amide bonds. The van der Waals surface area contributed by atoms with E-state index in [-0.39, 0.29) is 24.9 Å². The van der Waals surface area contributed by atoms with Gasteiger partial charge in [0.25, 0.3) is 0 Å². The van der Waals surface area contributed by atoms with Crippen molar-refractivity contribution < 1.29 is 28.7 Å². The van der Waals surface area contributed by atoms with Gasteiger partial charge < -0.3 is 30.4 Å². The largest absolute Gasteiger partial charge is 0.461 e. The van der Waals surface area contributed by atoms with Crippen molar-refractivity contribution in [2.75, 3.05) is 17.2 Å². The number of esters is 1. The molecule has 0 spiro atoms. The predicted octanol–water partition coefficient (Wildman–Crippen LogP) is 5.40. The van der Waals surface area contributed by atoms with Crippen LogP contribution >= 0.6 is 0 Å². The number of fused-ring (bicyclic) bond motifs is 1. The molecule has 1 aromatic heterocycles. The number of nitrogens with one attached hydrogen (secondary N) is 4. The average Bonchev–Trinajstić information content (AvgIpc) is 3.27. The van der Waals surface area contributed by atoms with Gasteiger partial charge in [0, 0.05) is 35.1 Å². The van der Waals surface area contributed by atoms with Crippen molar-refractivity contribution in [1.82, 2.24) is 10.3 Å². The third kappa shape index (κ3) is 9.14. The Morgan fingerprint density at radius 1 is 0.925 bits per heavy atom. The summed E-state index contributed by atoms with van der Waals surface area (Å²) in [7, 11) is 0. The number of alkyl carbamates (subject to hydrolysis) is 1. The number of rotatable bonds is 10. The molecule has 0 saturated heterocycles. The SMILES string of the molecule is CCOC(=O)c1cc2cc(NC(=O)[C@H](Cc3ccc(NC(=O)CC(C)C)cc3)NC(=O)OC(C)(C)C)ccc2[nH]1. The fourth-order valence-electron chi connectivity index (χ4n) is 3.96. The highest BCUT2D eigenvalue weighted by atomic mass is 16.6. The van der Waals surface area contributed by atoms with E-state index in [4.69, 9.17) is 9.47 Å². The molecular formula is C30H38N4O6. The zero-order valence-corrected chi connectivity index (χ0v) is 23.8. The van der Waals surface area contributed by atoms with Gasteiger partial charge in [-0.3, -0.25) is 9.59 Å². The molecule has 0 aliphatic carbocycles. The highest BCUT2D eigenvalue weighted by molar-refractivity contribution is 6.00. The van der Waals surface area contributed by atoms with Crippen molar-refractivity contribution in [1.29, 1.82) is 0 Å². The van der Waals surface area contributed by atoms with Crippen LogP contribution in [0, 0.1) is 5.92 Å². The first kappa shape index (κ1) is 30.2. The predicted molar refractivity (Wildman–Crippen MR) is 154 cm³/mol. The van der Waals surface area contributed by atoms with Gasteiger partial charge in [-0.05, 0) is 75.6 Å². The maximum atomic E-state index is 13.3. The molecule has 10 nitrogen and oxygen atoms in total. The molecule has 0 bridgehead atoms. The van der Waals surface area contributed by atoms with Crippen molar-refractivity contribution in [2.45, 2.75) is 66.0 Å². The second-order valence-electron chi connectivity index (χ2n) is 10.9. The van der Waals surface area contributed by atoms with Gasteiger partial charge in [0.15, 0.2) is 0 Å².